The van der Waals surface area contributed by atoms with Crippen molar-refractivity contribution < 1.29 is 9.53 Å². The molecule has 0 heterocycles. The number of benzene rings is 2. The molecule has 1 N–H and O–H groups in total. The Morgan fingerprint density at radius 3 is 2.65 bits per heavy atom. The maximum absolute atomic E-state index is 12.7. The Morgan fingerprint density at radius 2 is 1.92 bits per heavy atom. The fourth-order valence-electron chi connectivity index (χ4n) is 3.44. The van der Waals surface area contributed by atoms with Gasteiger partial charge >= 0.3 is 0 Å². The molecule has 1 aliphatic carbocycles. The van der Waals surface area contributed by atoms with Gasteiger partial charge in [0.25, 0.3) is 5.91 Å². The summed E-state index contributed by atoms with van der Waals surface area (Å²) in [6, 6.07) is 13.7. The van der Waals surface area contributed by atoms with Crippen molar-refractivity contribution in [3.63, 3.8) is 0 Å². The lowest BCUT2D eigenvalue weighted by Crippen LogP contribution is -2.39. The van der Waals surface area contributed by atoms with Gasteiger partial charge in [-0.15, -0.1) is 0 Å². The molecule has 2 aromatic carbocycles. The zero-order valence-corrected chi connectivity index (χ0v) is 16.2. The summed E-state index contributed by atoms with van der Waals surface area (Å²) in [5.41, 5.74) is 4.03. The standard InChI is InChI=1S/C22H26ClNO2/c1-3-21(26-20-10-6-9-19(23)14-20)22(25)24-15(2)17-12-11-16-7-4-5-8-18(16)13-17/h6,9-15,21H,3-5,7-8H2,1-2H3,(H,24,25)/t15-,21+/m1/s1. The number of fused-ring (bicyclic) bond motifs is 1. The summed E-state index contributed by atoms with van der Waals surface area (Å²) in [5, 5.41) is 3.69. The molecule has 0 aliphatic heterocycles. The number of hydrogen-bond acceptors (Lipinski definition) is 2. The number of carbonyl (C=O) groups is 1. The van der Waals surface area contributed by atoms with E-state index in [-0.39, 0.29) is 11.9 Å². The van der Waals surface area contributed by atoms with E-state index in [0.29, 0.717) is 17.2 Å². The van der Waals surface area contributed by atoms with Crippen LogP contribution in [0.3, 0.4) is 0 Å². The number of halogens is 1. The Bertz CT molecular complexity index is 774. The minimum atomic E-state index is -0.534. The second-order valence-electron chi connectivity index (χ2n) is 6.94. The Hall–Kier alpha value is -2.00. The Labute approximate surface area is 160 Å². The van der Waals surface area contributed by atoms with Gasteiger partial charge in [0.2, 0.25) is 0 Å². The van der Waals surface area contributed by atoms with Crippen LogP contribution in [0.5, 0.6) is 5.75 Å². The van der Waals surface area contributed by atoms with Gasteiger partial charge in [-0.1, -0.05) is 42.8 Å². The molecule has 0 aromatic heterocycles. The van der Waals surface area contributed by atoms with Gasteiger partial charge in [0.05, 0.1) is 6.04 Å². The van der Waals surface area contributed by atoms with Crippen LogP contribution in [0.25, 0.3) is 0 Å². The first-order valence-electron chi connectivity index (χ1n) is 9.41. The summed E-state index contributed by atoms with van der Waals surface area (Å²) in [6.07, 6.45) is 4.89. The molecule has 3 rings (SSSR count). The summed E-state index contributed by atoms with van der Waals surface area (Å²) in [7, 11) is 0. The molecule has 2 atom stereocenters. The average Bonchev–Trinajstić information content (AvgIpc) is 2.65. The molecule has 0 saturated carbocycles. The second-order valence-corrected chi connectivity index (χ2v) is 7.37. The first-order valence-corrected chi connectivity index (χ1v) is 9.79. The van der Waals surface area contributed by atoms with Gasteiger partial charge in [-0.2, -0.15) is 0 Å². The predicted molar refractivity (Wildman–Crippen MR) is 106 cm³/mol. The third kappa shape index (κ3) is 4.59. The van der Waals surface area contributed by atoms with E-state index in [4.69, 9.17) is 16.3 Å². The van der Waals surface area contributed by atoms with E-state index in [0.717, 1.165) is 12.0 Å². The van der Waals surface area contributed by atoms with Crippen LogP contribution in [0.4, 0.5) is 0 Å². The van der Waals surface area contributed by atoms with Crippen LogP contribution >= 0.6 is 11.6 Å². The van der Waals surface area contributed by atoms with Crippen LogP contribution in [0.15, 0.2) is 42.5 Å². The summed E-state index contributed by atoms with van der Waals surface area (Å²) in [6.45, 7) is 3.97. The maximum Gasteiger partial charge on any atom is 0.261 e. The average molecular weight is 372 g/mol. The van der Waals surface area contributed by atoms with Crippen molar-refractivity contribution in [2.45, 2.75) is 58.1 Å². The number of aryl methyl sites for hydroxylation is 2. The van der Waals surface area contributed by atoms with E-state index in [1.54, 1.807) is 12.1 Å². The van der Waals surface area contributed by atoms with E-state index < -0.39 is 6.10 Å². The molecule has 1 aliphatic rings. The molecule has 0 radical (unpaired) electrons. The van der Waals surface area contributed by atoms with E-state index in [9.17, 15) is 4.79 Å². The molecule has 3 nitrogen and oxygen atoms in total. The fraction of sp³-hybridized carbons (Fsp3) is 0.409. The van der Waals surface area contributed by atoms with Crippen molar-refractivity contribution in [1.82, 2.24) is 5.32 Å². The second kappa shape index (κ2) is 8.59. The van der Waals surface area contributed by atoms with Crippen LogP contribution in [0.2, 0.25) is 5.02 Å². The number of nitrogens with one attached hydrogen (secondary N) is 1. The van der Waals surface area contributed by atoms with E-state index >= 15 is 0 Å². The summed E-state index contributed by atoms with van der Waals surface area (Å²) >= 11 is 5.99. The summed E-state index contributed by atoms with van der Waals surface area (Å²) < 4.78 is 5.84. The lowest BCUT2D eigenvalue weighted by molar-refractivity contribution is -0.128. The molecule has 1 amide bonds. The van der Waals surface area contributed by atoms with Crippen LogP contribution in [0.1, 0.15) is 55.8 Å². The zero-order chi connectivity index (χ0) is 18.5. The van der Waals surface area contributed by atoms with Gasteiger partial charge in [-0.05, 0) is 73.9 Å². The van der Waals surface area contributed by atoms with Crippen LogP contribution < -0.4 is 10.1 Å². The smallest absolute Gasteiger partial charge is 0.261 e. The van der Waals surface area contributed by atoms with Crippen molar-refractivity contribution in [3.8, 4) is 5.75 Å². The molecule has 4 heteroatoms. The first kappa shape index (κ1) is 18.8. The maximum atomic E-state index is 12.7. The van der Waals surface area contributed by atoms with Crippen molar-refractivity contribution in [3.05, 3.63) is 64.2 Å². The molecule has 0 saturated heterocycles. The van der Waals surface area contributed by atoms with Crippen molar-refractivity contribution in [2.75, 3.05) is 0 Å². The molecule has 0 bridgehead atoms. The Morgan fingerprint density at radius 1 is 1.15 bits per heavy atom. The van der Waals surface area contributed by atoms with Crippen molar-refractivity contribution >= 4 is 17.5 Å². The molecule has 138 valence electrons. The van der Waals surface area contributed by atoms with Crippen LogP contribution in [-0.4, -0.2) is 12.0 Å². The van der Waals surface area contributed by atoms with Gasteiger partial charge < -0.3 is 10.1 Å². The third-order valence-electron chi connectivity index (χ3n) is 4.97. The highest BCUT2D eigenvalue weighted by Gasteiger charge is 2.21. The van der Waals surface area contributed by atoms with E-state index in [1.165, 1.54) is 30.4 Å². The fourth-order valence-corrected chi connectivity index (χ4v) is 3.62. The highest BCUT2D eigenvalue weighted by atomic mass is 35.5. The highest BCUT2D eigenvalue weighted by molar-refractivity contribution is 6.30. The largest absolute Gasteiger partial charge is 0.481 e. The first-order chi connectivity index (χ1) is 12.6. The molecule has 2 aromatic rings. The summed E-state index contributed by atoms with van der Waals surface area (Å²) in [4.78, 5) is 12.7. The SMILES string of the molecule is CC[C@H](Oc1cccc(Cl)c1)C(=O)N[C@H](C)c1ccc2c(c1)CCCC2. The molecule has 26 heavy (non-hydrogen) atoms. The van der Waals surface area contributed by atoms with Gasteiger partial charge in [0.15, 0.2) is 6.10 Å². The van der Waals surface area contributed by atoms with Gasteiger partial charge in [0.1, 0.15) is 5.75 Å². The third-order valence-corrected chi connectivity index (χ3v) is 5.20. The number of carbonyl (C=O) groups excluding carboxylic acids is 1. The number of ether oxygens (including phenoxy) is 1. The number of rotatable bonds is 6. The van der Waals surface area contributed by atoms with Gasteiger partial charge in [-0.25, -0.2) is 0 Å². The van der Waals surface area contributed by atoms with Crippen LogP contribution in [-0.2, 0) is 17.6 Å². The lowest BCUT2D eigenvalue weighted by atomic mass is 9.89. The quantitative estimate of drug-likeness (QED) is 0.752. The predicted octanol–water partition coefficient (Wildman–Crippen LogP) is 5.25. The van der Waals surface area contributed by atoms with Gasteiger partial charge in [0, 0.05) is 5.02 Å². The van der Waals surface area contributed by atoms with Crippen LogP contribution in [0, 0.1) is 0 Å². The normalized spacial score (nSPS) is 15.7. The van der Waals surface area contributed by atoms with Gasteiger partial charge in [-0.3, -0.25) is 4.79 Å². The minimum Gasteiger partial charge on any atom is -0.481 e. The Balaban J connectivity index is 1.65. The van der Waals surface area contributed by atoms with Crippen molar-refractivity contribution in [2.24, 2.45) is 0 Å². The highest BCUT2D eigenvalue weighted by Crippen LogP contribution is 2.25. The molecule has 0 unspecified atom stereocenters. The number of amides is 1. The zero-order valence-electron chi connectivity index (χ0n) is 15.4. The minimum absolute atomic E-state index is 0.0493. The Kier molecular flexibility index (Phi) is 6.20. The van der Waals surface area contributed by atoms with E-state index in [2.05, 4.69) is 23.5 Å². The lowest BCUT2D eigenvalue weighted by Gasteiger charge is -2.22. The monoisotopic (exact) mass is 371 g/mol. The molecule has 0 spiro atoms. The van der Waals surface area contributed by atoms with Crippen molar-refractivity contribution in [1.29, 1.82) is 0 Å². The molecular weight excluding hydrogens is 346 g/mol. The molecule has 0 fully saturated rings. The topological polar surface area (TPSA) is 38.3 Å². The summed E-state index contributed by atoms with van der Waals surface area (Å²) in [5.74, 6) is 0.513. The molecular formula is C22H26ClNO2. The number of hydrogen-bond donors (Lipinski definition) is 1. The van der Waals surface area contributed by atoms with E-state index in [1.807, 2.05) is 26.0 Å².